The van der Waals surface area contributed by atoms with E-state index in [1.807, 2.05) is 10.8 Å². The maximum Gasteiger partial charge on any atom is 0.242 e. The lowest BCUT2D eigenvalue weighted by atomic mass is 9.79. The van der Waals surface area contributed by atoms with Crippen molar-refractivity contribution >= 4 is 5.91 Å². The molecule has 2 fully saturated rings. The number of benzene rings is 1. The number of hydrogen-bond donors (Lipinski definition) is 0. The van der Waals surface area contributed by atoms with Crippen LogP contribution in [0.3, 0.4) is 0 Å². The van der Waals surface area contributed by atoms with Crippen molar-refractivity contribution in [3.05, 3.63) is 54.6 Å². The molecule has 1 amide bonds. The van der Waals surface area contributed by atoms with Crippen LogP contribution in [0.1, 0.15) is 31.2 Å². The average Bonchev–Trinajstić information content (AvgIpc) is 3.33. The molecule has 2 aliphatic rings. The second kappa shape index (κ2) is 8.26. The molecule has 5 heteroatoms. The van der Waals surface area contributed by atoms with E-state index in [9.17, 15) is 4.79 Å². The lowest BCUT2D eigenvalue weighted by molar-refractivity contribution is -0.131. The second-order valence-electron chi connectivity index (χ2n) is 8.27. The van der Waals surface area contributed by atoms with Crippen LogP contribution in [0.4, 0.5) is 0 Å². The highest BCUT2D eigenvalue weighted by Crippen LogP contribution is 2.39. The summed E-state index contributed by atoms with van der Waals surface area (Å²) in [5.74, 6) is 0.228. The first-order chi connectivity index (χ1) is 13.2. The van der Waals surface area contributed by atoms with E-state index in [2.05, 4.69) is 45.1 Å². The Morgan fingerprint density at radius 2 is 2.00 bits per heavy atom. The van der Waals surface area contributed by atoms with Gasteiger partial charge in [0.15, 0.2) is 0 Å². The van der Waals surface area contributed by atoms with Gasteiger partial charge in [-0.25, -0.2) is 4.98 Å². The van der Waals surface area contributed by atoms with Gasteiger partial charge in [-0.2, -0.15) is 0 Å². The van der Waals surface area contributed by atoms with Crippen LogP contribution in [-0.2, 0) is 17.8 Å². The standard InChI is InChI=1S/C22H30N4O/c27-21(16-25-15-11-23-19-25)26-14-10-22(18-26)9-5-13-24(17-22)12-4-8-20-6-2-1-3-7-20/h1-3,6-7,11,15,19H,4-5,8-10,12-14,16-18H2/t22-/m1/s1. The number of hydrogen-bond acceptors (Lipinski definition) is 3. The molecule has 27 heavy (non-hydrogen) atoms. The predicted molar refractivity (Wildman–Crippen MR) is 106 cm³/mol. The zero-order valence-electron chi connectivity index (χ0n) is 16.1. The van der Waals surface area contributed by atoms with Crippen molar-refractivity contribution in [1.82, 2.24) is 19.4 Å². The Morgan fingerprint density at radius 1 is 1.11 bits per heavy atom. The third kappa shape index (κ3) is 4.59. The second-order valence-corrected chi connectivity index (χ2v) is 8.27. The van der Waals surface area contributed by atoms with E-state index in [0.29, 0.717) is 12.0 Å². The van der Waals surface area contributed by atoms with Gasteiger partial charge in [-0.15, -0.1) is 0 Å². The van der Waals surface area contributed by atoms with Crippen molar-refractivity contribution in [1.29, 1.82) is 0 Å². The molecule has 2 saturated heterocycles. The summed E-state index contributed by atoms with van der Waals surface area (Å²) in [6, 6.07) is 10.8. The van der Waals surface area contributed by atoms with Gasteiger partial charge in [0.2, 0.25) is 5.91 Å². The van der Waals surface area contributed by atoms with E-state index >= 15 is 0 Å². The summed E-state index contributed by atoms with van der Waals surface area (Å²) in [5.41, 5.74) is 1.75. The summed E-state index contributed by atoms with van der Waals surface area (Å²) in [6.45, 7) is 5.77. The number of carbonyl (C=O) groups is 1. The molecule has 0 aliphatic carbocycles. The van der Waals surface area contributed by atoms with Crippen LogP contribution < -0.4 is 0 Å². The fourth-order valence-corrected chi connectivity index (χ4v) is 4.77. The molecule has 1 aromatic heterocycles. The van der Waals surface area contributed by atoms with E-state index in [4.69, 9.17) is 0 Å². The van der Waals surface area contributed by atoms with Gasteiger partial charge >= 0.3 is 0 Å². The number of carbonyl (C=O) groups excluding carboxylic acids is 1. The summed E-state index contributed by atoms with van der Waals surface area (Å²) in [4.78, 5) is 21.4. The number of aryl methyl sites for hydroxylation is 1. The average molecular weight is 367 g/mol. The van der Waals surface area contributed by atoms with Crippen LogP contribution in [0.15, 0.2) is 49.1 Å². The largest absolute Gasteiger partial charge is 0.341 e. The summed E-state index contributed by atoms with van der Waals surface area (Å²) in [7, 11) is 0. The van der Waals surface area contributed by atoms with Crippen LogP contribution >= 0.6 is 0 Å². The monoisotopic (exact) mass is 366 g/mol. The summed E-state index contributed by atoms with van der Waals surface area (Å²) >= 11 is 0. The van der Waals surface area contributed by atoms with E-state index in [-0.39, 0.29) is 5.91 Å². The van der Waals surface area contributed by atoms with Gasteiger partial charge in [0.25, 0.3) is 0 Å². The Balaban J connectivity index is 1.26. The van der Waals surface area contributed by atoms with Crippen LogP contribution in [-0.4, -0.2) is 58.0 Å². The van der Waals surface area contributed by atoms with Crippen molar-refractivity contribution < 1.29 is 4.79 Å². The molecule has 0 N–H and O–H groups in total. The van der Waals surface area contributed by atoms with Crippen LogP contribution in [0.5, 0.6) is 0 Å². The van der Waals surface area contributed by atoms with Gasteiger partial charge in [-0.05, 0) is 50.8 Å². The van der Waals surface area contributed by atoms with Gasteiger partial charge in [0.1, 0.15) is 6.54 Å². The Bertz CT molecular complexity index is 730. The minimum Gasteiger partial charge on any atom is -0.341 e. The molecule has 0 bridgehead atoms. The molecule has 144 valence electrons. The zero-order chi connectivity index (χ0) is 18.5. The van der Waals surface area contributed by atoms with Gasteiger partial charge in [0, 0.05) is 37.4 Å². The van der Waals surface area contributed by atoms with Gasteiger partial charge in [-0.3, -0.25) is 4.79 Å². The predicted octanol–water partition coefficient (Wildman–Crippen LogP) is 2.83. The lowest BCUT2D eigenvalue weighted by Crippen LogP contribution is -2.45. The maximum atomic E-state index is 12.6. The number of likely N-dealkylation sites (tertiary alicyclic amines) is 2. The fraction of sp³-hybridized carbons (Fsp3) is 0.545. The number of amides is 1. The lowest BCUT2D eigenvalue weighted by Gasteiger charge is -2.40. The Hall–Kier alpha value is -2.14. The first-order valence-electron chi connectivity index (χ1n) is 10.2. The van der Waals surface area contributed by atoms with Crippen LogP contribution in [0.2, 0.25) is 0 Å². The highest BCUT2D eigenvalue weighted by atomic mass is 16.2. The number of nitrogens with zero attached hydrogens (tertiary/aromatic N) is 4. The van der Waals surface area contributed by atoms with Gasteiger partial charge in [0.05, 0.1) is 6.33 Å². The maximum absolute atomic E-state index is 12.6. The normalized spacial score (nSPS) is 23.2. The Morgan fingerprint density at radius 3 is 2.81 bits per heavy atom. The van der Waals surface area contributed by atoms with E-state index in [0.717, 1.165) is 32.5 Å². The van der Waals surface area contributed by atoms with Crippen molar-refractivity contribution in [2.45, 2.75) is 38.6 Å². The fourth-order valence-electron chi connectivity index (χ4n) is 4.77. The third-order valence-corrected chi connectivity index (χ3v) is 6.19. The van der Waals surface area contributed by atoms with Gasteiger partial charge < -0.3 is 14.4 Å². The van der Waals surface area contributed by atoms with E-state index in [1.54, 1.807) is 12.5 Å². The van der Waals surface area contributed by atoms with E-state index < -0.39 is 0 Å². The summed E-state index contributed by atoms with van der Waals surface area (Å²) in [5, 5.41) is 0. The van der Waals surface area contributed by atoms with Crippen molar-refractivity contribution in [2.24, 2.45) is 5.41 Å². The first-order valence-corrected chi connectivity index (χ1v) is 10.2. The number of aromatic nitrogens is 2. The summed E-state index contributed by atoms with van der Waals surface area (Å²) < 4.78 is 1.87. The van der Waals surface area contributed by atoms with Crippen LogP contribution in [0.25, 0.3) is 0 Å². The molecular weight excluding hydrogens is 336 g/mol. The topological polar surface area (TPSA) is 41.4 Å². The molecule has 4 rings (SSSR count). The van der Waals surface area contributed by atoms with Crippen molar-refractivity contribution in [3.63, 3.8) is 0 Å². The number of piperidine rings is 1. The summed E-state index contributed by atoms with van der Waals surface area (Å²) in [6.07, 6.45) is 11.3. The molecule has 3 heterocycles. The molecule has 0 saturated carbocycles. The molecule has 2 aromatic rings. The molecule has 1 atom stereocenters. The molecule has 5 nitrogen and oxygen atoms in total. The van der Waals surface area contributed by atoms with Gasteiger partial charge in [-0.1, -0.05) is 30.3 Å². The highest BCUT2D eigenvalue weighted by molar-refractivity contribution is 5.76. The van der Waals surface area contributed by atoms with Crippen molar-refractivity contribution in [3.8, 4) is 0 Å². The molecule has 2 aliphatic heterocycles. The quantitative estimate of drug-likeness (QED) is 0.789. The molecule has 0 radical (unpaired) electrons. The molecule has 1 spiro atoms. The Kier molecular flexibility index (Phi) is 5.58. The third-order valence-electron chi connectivity index (χ3n) is 6.19. The van der Waals surface area contributed by atoms with Crippen LogP contribution in [0, 0.1) is 5.41 Å². The minimum atomic E-state index is 0.228. The number of rotatable bonds is 6. The zero-order valence-corrected chi connectivity index (χ0v) is 16.1. The number of imidazole rings is 1. The minimum absolute atomic E-state index is 0.228. The molecule has 1 aromatic carbocycles. The van der Waals surface area contributed by atoms with E-state index in [1.165, 1.54) is 37.9 Å². The highest BCUT2D eigenvalue weighted by Gasteiger charge is 2.42. The SMILES string of the molecule is O=C(Cn1ccnc1)N1CC[C@@]2(CCCN(CCCc3ccccc3)C2)C1. The Labute approximate surface area is 162 Å². The smallest absolute Gasteiger partial charge is 0.242 e. The molecule has 0 unspecified atom stereocenters. The first kappa shape index (κ1) is 18.2. The van der Waals surface area contributed by atoms with Crippen molar-refractivity contribution in [2.75, 3.05) is 32.7 Å². The molecular formula is C22H30N4O.